The van der Waals surface area contributed by atoms with Gasteiger partial charge < -0.3 is 10.1 Å². The summed E-state index contributed by atoms with van der Waals surface area (Å²) in [6, 6.07) is 16.1. The highest BCUT2D eigenvalue weighted by atomic mass is 16.5. The van der Waals surface area contributed by atoms with E-state index in [-0.39, 0.29) is 6.61 Å². The predicted molar refractivity (Wildman–Crippen MR) is 81.5 cm³/mol. The molecule has 0 aliphatic carbocycles. The summed E-state index contributed by atoms with van der Waals surface area (Å²) in [5.74, 6) is 0.241. The minimum absolute atomic E-state index is 0.0254. The molecule has 2 aromatic rings. The molecule has 1 saturated heterocycles. The van der Waals surface area contributed by atoms with Crippen molar-refractivity contribution in [2.75, 3.05) is 6.61 Å². The van der Waals surface area contributed by atoms with Crippen molar-refractivity contribution >= 4 is 11.9 Å². The Morgan fingerprint density at radius 2 is 1.68 bits per heavy atom. The SMILES string of the molecule is Cc1ccc(OCC2(c3ccccc3)NC(=O)NC2=O)cc1. The molecule has 5 heteroatoms. The molecule has 2 aromatic carbocycles. The molecule has 5 nitrogen and oxygen atoms in total. The van der Waals surface area contributed by atoms with Crippen LogP contribution in [0.15, 0.2) is 54.6 Å². The topological polar surface area (TPSA) is 67.4 Å². The molecule has 1 atom stereocenters. The molecule has 1 aliphatic rings. The average Bonchev–Trinajstić information content (AvgIpc) is 2.83. The summed E-state index contributed by atoms with van der Waals surface area (Å²) in [6.07, 6.45) is 0. The number of rotatable bonds is 4. The number of hydrogen-bond acceptors (Lipinski definition) is 3. The summed E-state index contributed by atoms with van der Waals surface area (Å²) in [5.41, 5.74) is 0.603. The number of imide groups is 1. The maximum atomic E-state index is 12.3. The van der Waals surface area contributed by atoms with Gasteiger partial charge in [0, 0.05) is 0 Å². The van der Waals surface area contributed by atoms with Gasteiger partial charge in [-0.1, -0.05) is 48.0 Å². The zero-order chi connectivity index (χ0) is 15.6. The van der Waals surface area contributed by atoms with Crippen LogP contribution in [-0.2, 0) is 10.3 Å². The van der Waals surface area contributed by atoms with Crippen LogP contribution in [0.2, 0.25) is 0 Å². The van der Waals surface area contributed by atoms with Crippen LogP contribution in [0.4, 0.5) is 4.79 Å². The Balaban J connectivity index is 1.88. The largest absolute Gasteiger partial charge is 0.490 e. The second kappa shape index (κ2) is 5.52. The number of aryl methyl sites for hydroxylation is 1. The predicted octanol–water partition coefficient (Wildman–Crippen LogP) is 2.11. The zero-order valence-corrected chi connectivity index (χ0v) is 12.1. The molecule has 0 saturated carbocycles. The number of benzene rings is 2. The van der Waals surface area contributed by atoms with Gasteiger partial charge in [-0.25, -0.2) is 4.79 Å². The van der Waals surface area contributed by atoms with Crippen molar-refractivity contribution < 1.29 is 14.3 Å². The summed E-state index contributed by atoms with van der Waals surface area (Å²) >= 11 is 0. The van der Waals surface area contributed by atoms with Gasteiger partial charge in [-0.3, -0.25) is 10.1 Å². The van der Waals surface area contributed by atoms with E-state index in [0.717, 1.165) is 5.56 Å². The Kier molecular flexibility index (Phi) is 3.55. The van der Waals surface area contributed by atoms with Gasteiger partial charge in [-0.05, 0) is 24.6 Å². The van der Waals surface area contributed by atoms with Crippen molar-refractivity contribution in [3.05, 3.63) is 65.7 Å². The van der Waals surface area contributed by atoms with Crippen LogP contribution in [-0.4, -0.2) is 18.5 Å². The first-order valence-electron chi connectivity index (χ1n) is 6.99. The van der Waals surface area contributed by atoms with Crippen molar-refractivity contribution in [1.82, 2.24) is 10.6 Å². The molecular weight excluding hydrogens is 280 g/mol. The third-order valence-electron chi connectivity index (χ3n) is 3.68. The van der Waals surface area contributed by atoms with Gasteiger partial charge in [-0.15, -0.1) is 0 Å². The molecule has 2 N–H and O–H groups in total. The lowest BCUT2D eigenvalue weighted by Gasteiger charge is -2.26. The Labute approximate surface area is 128 Å². The van der Waals surface area contributed by atoms with E-state index < -0.39 is 17.5 Å². The van der Waals surface area contributed by atoms with E-state index in [1.165, 1.54) is 0 Å². The Morgan fingerprint density at radius 1 is 1.00 bits per heavy atom. The summed E-state index contributed by atoms with van der Waals surface area (Å²) in [4.78, 5) is 23.9. The van der Waals surface area contributed by atoms with Crippen molar-refractivity contribution in [3.63, 3.8) is 0 Å². The van der Waals surface area contributed by atoms with E-state index in [0.29, 0.717) is 11.3 Å². The number of carbonyl (C=O) groups is 2. The fourth-order valence-corrected chi connectivity index (χ4v) is 2.43. The second-order valence-electron chi connectivity index (χ2n) is 5.28. The lowest BCUT2D eigenvalue weighted by molar-refractivity contribution is -0.125. The van der Waals surface area contributed by atoms with Crippen LogP contribution >= 0.6 is 0 Å². The van der Waals surface area contributed by atoms with Crippen LogP contribution < -0.4 is 15.4 Å². The highest BCUT2D eigenvalue weighted by molar-refractivity contribution is 6.07. The fraction of sp³-hybridized carbons (Fsp3) is 0.176. The van der Waals surface area contributed by atoms with Gasteiger partial charge >= 0.3 is 6.03 Å². The molecule has 0 radical (unpaired) electrons. The maximum absolute atomic E-state index is 12.3. The number of nitrogens with one attached hydrogen (secondary N) is 2. The smallest absolute Gasteiger partial charge is 0.322 e. The molecule has 112 valence electrons. The number of carbonyl (C=O) groups excluding carboxylic acids is 2. The monoisotopic (exact) mass is 296 g/mol. The van der Waals surface area contributed by atoms with E-state index in [9.17, 15) is 9.59 Å². The van der Waals surface area contributed by atoms with Crippen molar-refractivity contribution in [2.45, 2.75) is 12.5 Å². The van der Waals surface area contributed by atoms with E-state index in [1.807, 2.05) is 49.4 Å². The lowest BCUT2D eigenvalue weighted by atomic mass is 9.91. The maximum Gasteiger partial charge on any atom is 0.322 e. The van der Waals surface area contributed by atoms with Crippen molar-refractivity contribution in [1.29, 1.82) is 0 Å². The van der Waals surface area contributed by atoms with Crippen LogP contribution in [0.25, 0.3) is 0 Å². The molecule has 1 fully saturated rings. The van der Waals surface area contributed by atoms with Crippen molar-refractivity contribution in [2.24, 2.45) is 0 Å². The van der Waals surface area contributed by atoms with E-state index in [2.05, 4.69) is 10.6 Å². The third kappa shape index (κ3) is 2.53. The van der Waals surface area contributed by atoms with Gasteiger partial charge in [0.05, 0.1) is 0 Å². The Hall–Kier alpha value is -2.82. The Morgan fingerprint density at radius 3 is 2.27 bits per heavy atom. The second-order valence-corrected chi connectivity index (χ2v) is 5.28. The number of hydrogen-bond donors (Lipinski definition) is 2. The molecule has 3 rings (SSSR count). The molecule has 1 unspecified atom stereocenters. The van der Waals surface area contributed by atoms with Crippen molar-refractivity contribution in [3.8, 4) is 5.75 Å². The quantitative estimate of drug-likeness (QED) is 0.849. The zero-order valence-electron chi connectivity index (χ0n) is 12.1. The molecule has 22 heavy (non-hydrogen) atoms. The number of urea groups is 1. The van der Waals surface area contributed by atoms with E-state index in [4.69, 9.17) is 4.74 Å². The van der Waals surface area contributed by atoms with Gasteiger partial charge in [0.2, 0.25) is 0 Å². The first-order chi connectivity index (χ1) is 10.6. The minimum atomic E-state index is -1.21. The van der Waals surface area contributed by atoms with Gasteiger partial charge in [0.1, 0.15) is 12.4 Å². The number of amides is 3. The first kappa shape index (κ1) is 14.1. The fourth-order valence-electron chi connectivity index (χ4n) is 2.43. The molecule has 0 spiro atoms. The highest BCUT2D eigenvalue weighted by Crippen LogP contribution is 2.26. The highest BCUT2D eigenvalue weighted by Gasteiger charge is 2.48. The van der Waals surface area contributed by atoms with Gasteiger partial charge in [0.15, 0.2) is 5.54 Å². The summed E-state index contributed by atoms with van der Waals surface area (Å²) < 4.78 is 5.75. The van der Waals surface area contributed by atoms with Gasteiger partial charge in [0.25, 0.3) is 5.91 Å². The standard InChI is InChI=1S/C17H16N2O3/c1-12-7-9-14(10-8-12)22-11-17(13-5-3-2-4-6-13)15(20)18-16(21)19-17/h2-10H,11H2,1H3,(H2,18,19,20,21). The average molecular weight is 296 g/mol. The molecule has 0 aromatic heterocycles. The Bertz CT molecular complexity index is 698. The molecule has 1 heterocycles. The minimum Gasteiger partial charge on any atom is -0.490 e. The molecular formula is C17H16N2O3. The normalized spacial score (nSPS) is 20.4. The summed E-state index contributed by atoms with van der Waals surface area (Å²) in [7, 11) is 0. The lowest BCUT2D eigenvalue weighted by Crippen LogP contribution is -2.48. The van der Waals surface area contributed by atoms with E-state index >= 15 is 0 Å². The molecule has 0 bridgehead atoms. The van der Waals surface area contributed by atoms with Crippen LogP contribution in [0.5, 0.6) is 5.75 Å². The van der Waals surface area contributed by atoms with Crippen LogP contribution in [0, 0.1) is 6.92 Å². The summed E-state index contributed by atoms with van der Waals surface area (Å²) in [6.45, 7) is 2.01. The number of ether oxygens (including phenoxy) is 1. The summed E-state index contributed by atoms with van der Waals surface area (Å²) in [5, 5.41) is 4.97. The molecule has 1 aliphatic heterocycles. The van der Waals surface area contributed by atoms with Crippen LogP contribution in [0.3, 0.4) is 0 Å². The van der Waals surface area contributed by atoms with E-state index in [1.54, 1.807) is 12.1 Å². The molecule has 3 amide bonds. The first-order valence-corrected chi connectivity index (χ1v) is 6.99. The third-order valence-corrected chi connectivity index (χ3v) is 3.68. The van der Waals surface area contributed by atoms with Crippen LogP contribution in [0.1, 0.15) is 11.1 Å². The van der Waals surface area contributed by atoms with Gasteiger partial charge in [-0.2, -0.15) is 0 Å².